The molecule has 3 fully saturated rings. The highest BCUT2D eigenvalue weighted by atomic mass is 16.8. The maximum absolute atomic E-state index is 14.0. The summed E-state index contributed by atoms with van der Waals surface area (Å²) in [6, 6.07) is 0. The third-order valence-electron chi connectivity index (χ3n) is 10.8. The van der Waals surface area contributed by atoms with Gasteiger partial charge < -0.3 is 83.5 Å². The van der Waals surface area contributed by atoms with E-state index in [-0.39, 0.29) is 30.6 Å². The first-order valence-electron chi connectivity index (χ1n) is 17.8. The monoisotopic (exact) mass is 790 g/mol. The minimum Gasteiger partial charge on any atom is -0.472 e. The Morgan fingerprint density at radius 3 is 1.87 bits per heavy atom. The lowest BCUT2D eigenvalue weighted by molar-refractivity contribution is -0.342. The summed E-state index contributed by atoms with van der Waals surface area (Å²) in [7, 11) is 1.18. The second kappa shape index (κ2) is 18.3. The Labute approximate surface area is 315 Å². The molecule has 2 saturated heterocycles. The fourth-order valence-corrected chi connectivity index (χ4v) is 7.74. The summed E-state index contributed by atoms with van der Waals surface area (Å²) in [6.45, 7) is 5.23. The molecule has 4 aliphatic heterocycles. The first kappa shape index (κ1) is 42.9. The largest absolute Gasteiger partial charge is 0.472 e. The van der Waals surface area contributed by atoms with Crippen LogP contribution < -0.4 is 0 Å². The molecule has 1 aliphatic carbocycles. The van der Waals surface area contributed by atoms with Crippen molar-refractivity contribution in [2.24, 2.45) is 29.6 Å². The van der Waals surface area contributed by atoms with Gasteiger partial charge in [-0.2, -0.15) is 0 Å². The highest BCUT2D eigenvalue weighted by Crippen LogP contribution is 2.49. The van der Waals surface area contributed by atoms with Crippen LogP contribution in [0.1, 0.15) is 26.7 Å². The van der Waals surface area contributed by atoms with Crippen molar-refractivity contribution < 1.29 is 97.9 Å². The van der Waals surface area contributed by atoms with Gasteiger partial charge in [-0.1, -0.05) is 13.0 Å². The van der Waals surface area contributed by atoms with Crippen LogP contribution in [0.15, 0.2) is 36.3 Å². The van der Waals surface area contributed by atoms with Crippen LogP contribution in [-0.2, 0) is 57.0 Å². The number of hydrogen-bond acceptors (Lipinski definition) is 20. The normalized spacial score (nSPS) is 42.7. The molecule has 5 aliphatic rings. The Morgan fingerprint density at radius 2 is 1.35 bits per heavy atom. The molecule has 20 nitrogen and oxygen atoms in total. The van der Waals surface area contributed by atoms with E-state index in [2.05, 4.69) is 6.58 Å². The third-order valence-corrected chi connectivity index (χ3v) is 10.8. The third kappa shape index (κ3) is 8.85. The van der Waals surface area contributed by atoms with E-state index in [1.54, 1.807) is 6.92 Å². The predicted octanol–water partition coefficient (Wildman–Crippen LogP) is -3.17. The molecule has 0 bridgehead atoms. The summed E-state index contributed by atoms with van der Waals surface area (Å²) < 4.78 is 50.5. The van der Waals surface area contributed by atoms with Crippen LogP contribution in [-0.4, -0.2) is 166 Å². The molecule has 55 heavy (non-hydrogen) atoms. The molecule has 5 rings (SSSR count). The van der Waals surface area contributed by atoms with Gasteiger partial charge in [-0.15, -0.1) is 6.58 Å². The highest BCUT2D eigenvalue weighted by molar-refractivity contribution is 5.90. The van der Waals surface area contributed by atoms with Gasteiger partial charge in [0.05, 0.1) is 50.6 Å². The van der Waals surface area contributed by atoms with Crippen LogP contribution in [0.25, 0.3) is 0 Å². The molecule has 0 aromatic heterocycles. The first-order valence-corrected chi connectivity index (χ1v) is 17.8. The molecule has 18 unspecified atom stereocenters. The summed E-state index contributed by atoms with van der Waals surface area (Å²) in [5.74, 6) is -5.84. The van der Waals surface area contributed by atoms with E-state index in [9.17, 15) is 55.2 Å². The van der Waals surface area contributed by atoms with Gasteiger partial charge in [-0.3, -0.25) is 4.79 Å². The van der Waals surface area contributed by atoms with E-state index in [4.69, 9.17) is 42.6 Å². The predicted molar refractivity (Wildman–Crippen MR) is 177 cm³/mol. The van der Waals surface area contributed by atoms with Crippen molar-refractivity contribution in [3.8, 4) is 0 Å². The molecule has 0 aromatic carbocycles. The Hall–Kier alpha value is -3.25. The molecule has 0 spiro atoms. The number of esters is 3. The summed E-state index contributed by atoms with van der Waals surface area (Å²) in [4.78, 5) is 38.5. The Balaban J connectivity index is 1.36. The maximum atomic E-state index is 14.0. The molecular weight excluding hydrogens is 740 g/mol. The number of aliphatic hydroxyl groups is 8. The maximum Gasteiger partial charge on any atom is 0.337 e. The number of hydrogen-bond donors (Lipinski definition) is 8. The van der Waals surface area contributed by atoms with E-state index in [1.807, 2.05) is 0 Å². The van der Waals surface area contributed by atoms with E-state index in [0.29, 0.717) is 0 Å². The van der Waals surface area contributed by atoms with Gasteiger partial charge in [0.2, 0.25) is 12.6 Å². The number of fused-ring (bicyclic) bond motifs is 1. The van der Waals surface area contributed by atoms with E-state index < -0.39 is 141 Å². The zero-order valence-electron chi connectivity index (χ0n) is 30.3. The molecule has 4 heterocycles. The molecule has 20 heteroatoms. The summed E-state index contributed by atoms with van der Waals surface area (Å²) in [5.41, 5.74) is 0.104. The summed E-state index contributed by atoms with van der Waals surface area (Å²) in [5, 5.41) is 81.3. The van der Waals surface area contributed by atoms with Crippen LogP contribution in [0.2, 0.25) is 0 Å². The zero-order valence-corrected chi connectivity index (χ0v) is 30.3. The Bertz CT molecular complexity index is 1430. The van der Waals surface area contributed by atoms with Crippen LogP contribution in [0, 0.1) is 29.6 Å². The highest BCUT2D eigenvalue weighted by Gasteiger charge is 2.55. The molecule has 310 valence electrons. The van der Waals surface area contributed by atoms with Crippen LogP contribution >= 0.6 is 0 Å². The molecule has 1 saturated carbocycles. The van der Waals surface area contributed by atoms with Gasteiger partial charge in [-0.05, 0) is 12.8 Å². The lowest BCUT2D eigenvalue weighted by Crippen LogP contribution is -2.60. The van der Waals surface area contributed by atoms with E-state index >= 15 is 0 Å². The fourth-order valence-electron chi connectivity index (χ4n) is 7.74. The fraction of sp³-hybridized carbons (Fsp3) is 0.743. The number of rotatable bonds is 13. The number of carbonyl (C=O) groups excluding carboxylic acids is 3. The number of aliphatic hydroxyl groups excluding tert-OH is 8. The van der Waals surface area contributed by atoms with Gasteiger partial charge >= 0.3 is 17.9 Å². The minimum atomic E-state index is -1.75. The quantitative estimate of drug-likeness (QED) is 0.0518. The number of ether oxygens (including phenoxy) is 9. The molecule has 0 radical (unpaired) electrons. The van der Waals surface area contributed by atoms with Crippen LogP contribution in [0.4, 0.5) is 0 Å². The van der Waals surface area contributed by atoms with Crippen molar-refractivity contribution in [2.45, 2.75) is 107 Å². The van der Waals surface area contributed by atoms with Crippen molar-refractivity contribution in [1.82, 2.24) is 0 Å². The SMILES string of the molecule is C=CC1C(OC2OC(CO)C(O)C(O)C2O)OC=C(C(=O)OC2CC3C(C(=O)OC)=COC(OC4OC(CO)C(O)C(O)C4O)C3C2C)C1CCOC(C)=O. The lowest BCUT2D eigenvalue weighted by atomic mass is 9.81. The average Bonchev–Trinajstić information content (AvgIpc) is 3.49. The Morgan fingerprint density at radius 1 is 0.800 bits per heavy atom. The second-order valence-corrected chi connectivity index (χ2v) is 14.1. The minimum absolute atomic E-state index is 0.0121. The van der Waals surface area contributed by atoms with Crippen LogP contribution in [0.3, 0.4) is 0 Å². The van der Waals surface area contributed by atoms with Crippen molar-refractivity contribution in [2.75, 3.05) is 26.9 Å². The zero-order chi connectivity index (χ0) is 40.3. The number of carbonyl (C=O) groups is 3. The van der Waals surface area contributed by atoms with Gasteiger partial charge in [0.1, 0.15) is 54.9 Å². The Kier molecular flexibility index (Phi) is 14.3. The summed E-state index contributed by atoms with van der Waals surface area (Å²) >= 11 is 0. The standard InChI is InChI=1S/C35H50O20/c1-5-15-16(6-7-48-14(3)38)18(11-49-32(15)54-34-28(43)26(41)24(39)21(9-36)52-34)31(46)51-20-8-17-19(30(45)47-4)12-50-33(23(17)13(20)2)55-35-29(44)27(42)25(40)22(10-37)53-35/h5,11-13,15-17,20-29,32-37,39-44H,1,6-10H2,2-4H3. The van der Waals surface area contributed by atoms with Crippen molar-refractivity contribution >= 4 is 17.9 Å². The average molecular weight is 791 g/mol. The van der Waals surface area contributed by atoms with Crippen LogP contribution in [0.5, 0.6) is 0 Å². The smallest absolute Gasteiger partial charge is 0.337 e. The van der Waals surface area contributed by atoms with Gasteiger partial charge in [0, 0.05) is 36.5 Å². The molecular formula is C35H50O20. The van der Waals surface area contributed by atoms with E-state index in [1.165, 1.54) is 20.1 Å². The first-order chi connectivity index (χ1) is 26.2. The van der Waals surface area contributed by atoms with E-state index in [0.717, 1.165) is 12.5 Å². The topological polar surface area (TPSA) is 296 Å². The van der Waals surface area contributed by atoms with Gasteiger partial charge in [-0.25, -0.2) is 9.59 Å². The van der Waals surface area contributed by atoms with Gasteiger partial charge in [0.15, 0.2) is 12.6 Å². The van der Waals surface area contributed by atoms with Crippen molar-refractivity contribution in [3.05, 3.63) is 36.3 Å². The lowest BCUT2D eigenvalue weighted by Gasteiger charge is -2.43. The van der Waals surface area contributed by atoms with Gasteiger partial charge in [0.25, 0.3) is 0 Å². The summed E-state index contributed by atoms with van der Waals surface area (Å²) in [6.07, 6.45) is -15.6. The molecule has 0 aromatic rings. The molecule has 18 atom stereocenters. The second-order valence-electron chi connectivity index (χ2n) is 14.1. The molecule has 0 amide bonds. The van der Waals surface area contributed by atoms with Crippen molar-refractivity contribution in [1.29, 1.82) is 0 Å². The van der Waals surface area contributed by atoms with Crippen molar-refractivity contribution in [3.63, 3.8) is 0 Å². The molecule has 8 N–H and O–H groups in total. The number of methoxy groups -OCH3 is 1.